The summed E-state index contributed by atoms with van der Waals surface area (Å²) in [6.45, 7) is 11.6. The predicted octanol–water partition coefficient (Wildman–Crippen LogP) is 4.97. The molecule has 6 nitrogen and oxygen atoms in total. The molecular formula is C28H36N2O4. The minimum Gasteiger partial charge on any atom is -0.507 e. The molecule has 1 fully saturated rings. The first kappa shape index (κ1) is 25.5. The molecule has 182 valence electrons. The van der Waals surface area contributed by atoms with E-state index in [1.54, 1.807) is 36.3 Å². The van der Waals surface area contributed by atoms with Gasteiger partial charge in [-0.1, -0.05) is 64.1 Å². The molecule has 1 amide bonds. The number of aliphatic hydroxyl groups is 1. The van der Waals surface area contributed by atoms with Crippen molar-refractivity contribution in [2.24, 2.45) is 0 Å². The fourth-order valence-electron chi connectivity index (χ4n) is 4.45. The number of hydrogen-bond acceptors (Lipinski definition) is 5. The molecule has 1 atom stereocenters. The molecule has 1 saturated heterocycles. The Balaban J connectivity index is 2.05. The Kier molecular flexibility index (Phi) is 8.51. The number of carbonyl (C=O) groups is 2. The number of ether oxygens (including phenoxy) is 1. The van der Waals surface area contributed by atoms with Crippen molar-refractivity contribution in [1.82, 2.24) is 9.80 Å². The van der Waals surface area contributed by atoms with Crippen LogP contribution >= 0.6 is 0 Å². The van der Waals surface area contributed by atoms with Crippen LogP contribution in [0.2, 0.25) is 0 Å². The lowest BCUT2D eigenvalue weighted by Gasteiger charge is -2.27. The zero-order valence-electron chi connectivity index (χ0n) is 20.9. The van der Waals surface area contributed by atoms with Crippen molar-refractivity contribution < 1.29 is 19.4 Å². The first-order chi connectivity index (χ1) is 16.3. The summed E-state index contributed by atoms with van der Waals surface area (Å²) in [6.07, 6.45) is 0.745. The van der Waals surface area contributed by atoms with Crippen LogP contribution in [-0.2, 0) is 9.59 Å². The Morgan fingerprint density at radius 3 is 2.35 bits per heavy atom. The van der Waals surface area contributed by atoms with Crippen LogP contribution in [0.5, 0.6) is 5.75 Å². The number of rotatable bonds is 10. The molecule has 1 heterocycles. The van der Waals surface area contributed by atoms with Crippen molar-refractivity contribution in [3.63, 3.8) is 0 Å². The highest BCUT2D eigenvalue weighted by Crippen LogP contribution is 2.40. The molecule has 0 saturated carbocycles. The molecule has 0 radical (unpaired) electrons. The van der Waals surface area contributed by atoms with Crippen LogP contribution in [0.15, 0.2) is 54.1 Å². The van der Waals surface area contributed by atoms with Crippen LogP contribution < -0.4 is 4.74 Å². The molecule has 34 heavy (non-hydrogen) atoms. The molecular weight excluding hydrogens is 428 g/mol. The average Bonchev–Trinajstić information content (AvgIpc) is 3.11. The number of aliphatic hydroxyl groups excluding tert-OH is 1. The molecule has 2 aromatic carbocycles. The van der Waals surface area contributed by atoms with Gasteiger partial charge in [0, 0.05) is 12.1 Å². The number of Topliss-reactive ketones (excluding diaryl/α,β-unsaturated/α-hetero) is 1. The molecule has 1 N–H and O–H groups in total. The van der Waals surface area contributed by atoms with Gasteiger partial charge in [0.15, 0.2) is 0 Å². The Morgan fingerprint density at radius 2 is 1.76 bits per heavy atom. The number of amides is 1. The second-order valence-electron chi connectivity index (χ2n) is 8.93. The highest BCUT2D eigenvalue weighted by atomic mass is 16.5. The van der Waals surface area contributed by atoms with E-state index in [-0.39, 0.29) is 11.3 Å². The van der Waals surface area contributed by atoms with E-state index in [4.69, 9.17) is 4.74 Å². The Morgan fingerprint density at radius 1 is 1.09 bits per heavy atom. The number of methoxy groups -OCH3 is 1. The zero-order chi connectivity index (χ0) is 24.8. The number of carbonyl (C=O) groups excluding carboxylic acids is 2. The molecule has 1 aliphatic rings. The van der Waals surface area contributed by atoms with E-state index in [2.05, 4.69) is 32.6 Å². The first-order valence-corrected chi connectivity index (χ1v) is 12.1. The maximum absolute atomic E-state index is 13.2. The lowest BCUT2D eigenvalue weighted by Crippen LogP contribution is -2.33. The summed E-state index contributed by atoms with van der Waals surface area (Å²) in [5.41, 5.74) is 2.56. The van der Waals surface area contributed by atoms with E-state index in [1.165, 1.54) is 5.56 Å². The highest BCUT2D eigenvalue weighted by Gasteiger charge is 2.45. The zero-order valence-corrected chi connectivity index (χ0v) is 20.9. The predicted molar refractivity (Wildman–Crippen MR) is 135 cm³/mol. The van der Waals surface area contributed by atoms with Gasteiger partial charge in [-0.15, -0.1) is 0 Å². The van der Waals surface area contributed by atoms with Crippen molar-refractivity contribution in [3.05, 3.63) is 70.8 Å². The fourth-order valence-corrected chi connectivity index (χ4v) is 4.45. The summed E-state index contributed by atoms with van der Waals surface area (Å²) in [4.78, 5) is 30.2. The van der Waals surface area contributed by atoms with Crippen molar-refractivity contribution in [3.8, 4) is 5.75 Å². The molecule has 3 rings (SSSR count). The smallest absolute Gasteiger partial charge is 0.295 e. The van der Waals surface area contributed by atoms with Gasteiger partial charge in [0.2, 0.25) is 0 Å². The van der Waals surface area contributed by atoms with Gasteiger partial charge in [0.05, 0.1) is 18.7 Å². The van der Waals surface area contributed by atoms with Crippen LogP contribution in [0.1, 0.15) is 62.8 Å². The number of benzene rings is 2. The summed E-state index contributed by atoms with van der Waals surface area (Å²) < 4.78 is 5.28. The molecule has 0 aromatic heterocycles. The van der Waals surface area contributed by atoms with Gasteiger partial charge in [0.25, 0.3) is 11.7 Å². The third-order valence-corrected chi connectivity index (χ3v) is 6.57. The van der Waals surface area contributed by atoms with E-state index in [0.29, 0.717) is 23.8 Å². The van der Waals surface area contributed by atoms with Crippen LogP contribution in [0.3, 0.4) is 0 Å². The van der Waals surface area contributed by atoms with Crippen LogP contribution in [0.4, 0.5) is 0 Å². The number of likely N-dealkylation sites (tertiary alicyclic amines) is 1. The highest BCUT2D eigenvalue weighted by molar-refractivity contribution is 6.46. The SMILES string of the molecule is CCN(CC)CCCN1C(=O)C(=O)/C(=C(/O)c2cccc(OC)c2)[C@H]1c1ccc(C(C)C)cc1. The molecule has 0 bridgehead atoms. The largest absolute Gasteiger partial charge is 0.507 e. The molecule has 0 aliphatic carbocycles. The van der Waals surface area contributed by atoms with E-state index in [0.717, 1.165) is 31.6 Å². The summed E-state index contributed by atoms with van der Waals surface area (Å²) in [7, 11) is 1.55. The van der Waals surface area contributed by atoms with Gasteiger partial charge in [0.1, 0.15) is 11.5 Å². The topological polar surface area (TPSA) is 70.1 Å². The van der Waals surface area contributed by atoms with E-state index >= 15 is 0 Å². The summed E-state index contributed by atoms with van der Waals surface area (Å²) in [5, 5.41) is 11.2. The fraction of sp³-hybridized carbons (Fsp3) is 0.429. The second kappa shape index (κ2) is 11.3. The van der Waals surface area contributed by atoms with Crippen LogP contribution in [-0.4, -0.2) is 59.9 Å². The molecule has 6 heteroatoms. The van der Waals surface area contributed by atoms with Gasteiger partial charge < -0.3 is 19.6 Å². The third-order valence-electron chi connectivity index (χ3n) is 6.57. The lowest BCUT2D eigenvalue weighted by atomic mass is 9.93. The van der Waals surface area contributed by atoms with E-state index < -0.39 is 17.7 Å². The normalized spacial score (nSPS) is 17.7. The molecule has 0 spiro atoms. The average molecular weight is 465 g/mol. The standard InChI is InChI=1S/C28H36N2O4/c1-6-29(7-2)16-9-17-30-25(21-14-12-20(13-15-21)19(3)4)24(27(32)28(30)33)26(31)22-10-8-11-23(18-22)34-5/h8,10-15,18-19,25,31H,6-7,9,16-17H2,1-5H3/b26-24+/t25-/m1/s1. The first-order valence-electron chi connectivity index (χ1n) is 12.1. The van der Waals surface area contributed by atoms with E-state index in [9.17, 15) is 14.7 Å². The van der Waals surface area contributed by atoms with Gasteiger partial charge in [-0.05, 0) is 55.2 Å². The van der Waals surface area contributed by atoms with Crippen LogP contribution in [0, 0.1) is 0 Å². The Bertz CT molecular complexity index is 1040. The quantitative estimate of drug-likeness (QED) is 0.305. The van der Waals surface area contributed by atoms with Crippen molar-refractivity contribution >= 4 is 17.4 Å². The minimum atomic E-state index is -0.652. The molecule has 0 unspecified atom stereocenters. The van der Waals surface area contributed by atoms with Gasteiger partial charge in [-0.2, -0.15) is 0 Å². The maximum atomic E-state index is 13.2. The Labute approximate surface area is 202 Å². The number of ketones is 1. The summed E-state index contributed by atoms with van der Waals surface area (Å²) >= 11 is 0. The van der Waals surface area contributed by atoms with Gasteiger partial charge >= 0.3 is 0 Å². The maximum Gasteiger partial charge on any atom is 0.295 e. The van der Waals surface area contributed by atoms with Crippen molar-refractivity contribution in [2.75, 3.05) is 33.3 Å². The third kappa shape index (κ3) is 5.33. The Hall–Kier alpha value is -3.12. The molecule has 2 aromatic rings. The molecule has 1 aliphatic heterocycles. The van der Waals surface area contributed by atoms with Gasteiger partial charge in [-0.3, -0.25) is 9.59 Å². The van der Waals surface area contributed by atoms with E-state index in [1.807, 2.05) is 24.3 Å². The van der Waals surface area contributed by atoms with Gasteiger partial charge in [-0.25, -0.2) is 0 Å². The lowest BCUT2D eigenvalue weighted by molar-refractivity contribution is -0.140. The second-order valence-corrected chi connectivity index (χ2v) is 8.93. The minimum absolute atomic E-state index is 0.124. The summed E-state index contributed by atoms with van der Waals surface area (Å²) in [5.74, 6) is -0.467. The number of nitrogens with zero attached hydrogens (tertiary/aromatic N) is 2. The van der Waals surface area contributed by atoms with Crippen molar-refractivity contribution in [1.29, 1.82) is 0 Å². The van der Waals surface area contributed by atoms with Crippen LogP contribution in [0.25, 0.3) is 5.76 Å². The monoisotopic (exact) mass is 464 g/mol. The number of hydrogen-bond donors (Lipinski definition) is 1. The van der Waals surface area contributed by atoms with Crippen molar-refractivity contribution in [2.45, 2.75) is 46.1 Å². The summed E-state index contributed by atoms with van der Waals surface area (Å²) in [6, 6.07) is 14.2.